The molecular weight excluding hydrogens is 358 g/mol. The summed E-state index contributed by atoms with van der Waals surface area (Å²) in [6, 6.07) is 5.57. The molecule has 0 aliphatic carbocycles. The highest BCUT2D eigenvalue weighted by atomic mass is 16.5. The van der Waals surface area contributed by atoms with Crippen molar-refractivity contribution >= 4 is 11.7 Å². The van der Waals surface area contributed by atoms with Gasteiger partial charge in [0, 0.05) is 40.2 Å². The van der Waals surface area contributed by atoms with Gasteiger partial charge in [0.05, 0.1) is 18.8 Å². The van der Waals surface area contributed by atoms with Gasteiger partial charge in [0.25, 0.3) is 0 Å². The Labute approximate surface area is 168 Å². The summed E-state index contributed by atoms with van der Waals surface area (Å²) in [5.41, 5.74) is 0.792. The zero-order valence-corrected chi connectivity index (χ0v) is 17.9. The van der Waals surface area contributed by atoms with Crippen molar-refractivity contribution in [2.24, 2.45) is 0 Å². The van der Waals surface area contributed by atoms with Crippen LogP contribution in [0, 0.1) is 5.21 Å². The zero-order valence-electron chi connectivity index (χ0n) is 17.9. The molecule has 0 aliphatic heterocycles. The molecule has 6 heteroatoms. The van der Waals surface area contributed by atoms with E-state index < -0.39 is 11.5 Å². The average Bonchev–Trinajstić information content (AvgIpc) is 2.62. The van der Waals surface area contributed by atoms with Gasteiger partial charge in [0.15, 0.2) is 11.3 Å². The Hall–Kier alpha value is -2.24. The number of aliphatic carboxylic acids is 1. The second kappa shape index (κ2) is 11.6. The summed E-state index contributed by atoms with van der Waals surface area (Å²) < 4.78 is 12.7. The maximum atomic E-state index is 12.6. The van der Waals surface area contributed by atoms with Crippen molar-refractivity contribution in [1.29, 1.82) is 0 Å². The number of hydrogen-bond donors (Lipinski definition) is 1. The minimum atomic E-state index is -0.775. The summed E-state index contributed by atoms with van der Waals surface area (Å²) in [7, 11) is 0. The van der Waals surface area contributed by atoms with Crippen molar-refractivity contribution in [1.82, 2.24) is 0 Å². The maximum absolute atomic E-state index is 12.6. The van der Waals surface area contributed by atoms with Gasteiger partial charge >= 0.3 is 5.97 Å². The SMILES string of the molecule is CCCCOc1ccc(/C(C)=[N+](\[O-])C(C)(C)C)c(OCCCCCC(=O)O)c1. The molecule has 0 aromatic heterocycles. The molecule has 0 radical (unpaired) electrons. The highest BCUT2D eigenvalue weighted by Crippen LogP contribution is 2.27. The summed E-state index contributed by atoms with van der Waals surface area (Å²) >= 11 is 0. The minimum Gasteiger partial charge on any atom is -0.623 e. The molecule has 1 aromatic rings. The summed E-state index contributed by atoms with van der Waals surface area (Å²) in [5.74, 6) is 0.567. The molecule has 0 saturated heterocycles. The van der Waals surface area contributed by atoms with Crippen molar-refractivity contribution in [3.8, 4) is 11.5 Å². The lowest BCUT2D eigenvalue weighted by Gasteiger charge is -2.22. The molecular formula is C22H35NO5. The number of rotatable bonds is 12. The standard InChI is InChI=1S/C22H35NO5/c1-6-7-14-27-18-12-13-19(17(2)23(26)22(3,4)5)20(16-18)28-15-10-8-9-11-21(24)25/h12-13,16H,6-11,14-15H2,1-5H3,(H,24,25)/b23-17-. The van der Waals surface area contributed by atoms with Crippen molar-refractivity contribution in [2.75, 3.05) is 13.2 Å². The summed E-state index contributed by atoms with van der Waals surface area (Å²) in [6.07, 6.45) is 4.39. The van der Waals surface area contributed by atoms with Crippen molar-refractivity contribution in [3.63, 3.8) is 0 Å². The number of unbranched alkanes of at least 4 members (excludes halogenated alkanes) is 3. The first-order chi connectivity index (χ1) is 13.2. The Morgan fingerprint density at radius 3 is 2.39 bits per heavy atom. The number of carboxylic acids is 1. The molecule has 158 valence electrons. The Bertz CT molecular complexity index is 661. The molecule has 0 atom stereocenters. The molecule has 1 rings (SSSR count). The Balaban J connectivity index is 2.93. The number of hydrogen-bond acceptors (Lipinski definition) is 4. The fourth-order valence-corrected chi connectivity index (χ4v) is 2.69. The average molecular weight is 394 g/mol. The van der Waals surface area contributed by atoms with Crippen molar-refractivity contribution in [2.45, 2.75) is 78.7 Å². The van der Waals surface area contributed by atoms with E-state index in [4.69, 9.17) is 14.6 Å². The number of hydroxylamine groups is 1. The van der Waals surface area contributed by atoms with Crippen LogP contribution in [0.2, 0.25) is 0 Å². The minimum absolute atomic E-state index is 0.176. The second-order valence-electron chi connectivity index (χ2n) is 7.96. The number of benzene rings is 1. The molecule has 1 aromatic carbocycles. The number of carbonyl (C=O) groups is 1. The van der Waals surface area contributed by atoms with Crippen molar-refractivity contribution < 1.29 is 24.1 Å². The monoisotopic (exact) mass is 393 g/mol. The quantitative estimate of drug-likeness (QED) is 0.177. The Morgan fingerprint density at radius 2 is 1.79 bits per heavy atom. The predicted octanol–water partition coefficient (Wildman–Crippen LogP) is 5.01. The molecule has 0 spiro atoms. The van der Waals surface area contributed by atoms with E-state index in [0.29, 0.717) is 31.1 Å². The van der Waals surface area contributed by atoms with Crippen LogP contribution in [0.3, 0.4) is 0 Å². The van der Waals surface area contributed by atoms with Gasteiger partial charge in [-0.05, 0) is 37.8 Å². The smallest absolute Gasteiger partial charge is 0.303 e. The lowest BCUT2D eigenvalue weighted by atomic mass is 10.1. The van der Waals surface area contributed by atoms with Crippen LogP contribution in [0.25, 0.3) is 0 Å². The largest absolute Gasteiger partial charge is 0.623 e. The predicted molar refractivity (Wildman–Crippen MR) is 112 cm³/mol. The summed E-state index contributed by atoms with van der Waals surface area (Å²) in [5, 5.41) is 21.3. The van der Waals surface area contributed by atoms with Gasteiger partial charge in [-0.2, -0.15) is 0 Å². The highest BCUT2D eigenvalue weighted by Gasteiger charge is 2.24. The van der Waals surface area contributed by atoms with Crippen LogP contribution in [0.5, 0.6) is 11.5 Å². The third kappa shape index (κ3) is 8.19. The van der Waals surface area contributed by atoms with Gasteiger partial charge in [-0.1, -0.05) is 13.3 Å². The molecule has 0 fully saturated rings. The van der Waals surface area contributed by atoms with Crippen LogP contribution in [0.15, 0.2) is 18.2 Å². The summed E-state index contributed by atoms with van der Waals surface area (Å²) in [6.45, 7) is 10.6. The second-order valence-corrected chi connectivity index (χ2v) is 7.96. The zero-order chi connectivity index (χ0) is 21.2. The first kappa shape index (κ1) is 23.8. The lowest BCUT2D eigenvalue weighted by Crippen LogP contribution is -2.33. The molecule has 6 nitrogen and oxygen atoms in total. The van der Waals surface area contributed by atoms with E-state index >= 15 is 0 Å². The van der Waals surface area contributed by atoms with Crippen LogP contribution in [0.4, 0.5) is 0 Å². The number of nitrogens with zero attached hydrogens (tertiary/aromatic N) is 1. The molecule has 0 aliphatic rings. The molecule has 1 N–H and O–H groups in total. The van der Waals surface area contributed by atoms with Gasteiger partial charge < -0.3 is 19.8 Å². The van der Waals surface area contributed by atoms with E-state index in [1.165, 1.54) is 0 Å². The molecule has 0 heterocycles. The molecule has 0 bridgehead atoms. The van der Waals surface area contributed by atoms with E-state index in [9.17, 15) is 10.0 Å². The van der Waals surface area contributed by atoms with E-state index in [1.54, 1.807) is 6.92 Å². The Morgan fingerprint density at radius 1 is 1.11 bits per heavy atom. The van der Waals surface area contributed by atoms with Crippen molar-refractivity contribution in [3.05, 3.63) is 29.0 Å². The molecule has 28 heavy (non-hydrogen) atoms. The molecule has 0 saturated carbocycles. The fourth-order valence-electron chi connectivity index (χ4n) is 2.69. The summed E-state index contributed by atoms with van der Waals surface area (Å²) in [4.78, 5) is 10.6. The van der Waals surface area contributed by atoms with Gasteiger partial charge in [0.1, 0.15) is 11.5 Å². The third-order valence-electron chi connectivity index (χ3n) is 4.32. The molecule has 0 unspecified atom stereocenters. The van der Waals surface area contributed by atoms with Crippen LogP contribution in [-0.4, -0.2) is 40.3 Å². The lowest BCUT2D eigenvalue weighted by molar-refractivity contribution is -0.535. The van der Waals surface area contributed by atoms with Gasteiger partial charge in [0.2, 0.25) is 0 Å². The molecule has 0 amide bonds. The Kier molecular flexibility index (Phi) is 9.83. The first-order valence-electron chi connectivity index (χ1n) is 10.1. The van der Waals surface area contributed by atoms with E-state index in [-0.39, 0.29) is 6.42 Å². The van der Waals surface area contributed by atoms with Gasteiger partial charge in [-0.3, -0.25) is 4.79 Å². The number of ether oxygens (including phenoxy) is 2. The van der Waals surface area contributed by atoms with E-state index in [2.05, 4.69) is 6.92 Å². The first-order valence-corrected chi connectivity index (χ1v) is 10.1. The van der Waals surface area contributed by atoms with Crippen LogP contribution in [-0.2, 0) is 4.79 Å². The topological polar surface area (TPSA) is 81.8 Å². The third-order valence-corrected chi connectivity index (χ3v) is 4.32. The van der Waals surface area contributed by atoms with Crippen LogP contribution in [0.1, 0.15) is 78.7 Å². The highest BCUT2D eigenvalue weighted by molar-refractivity contribution is 5.98. The van der Waals surface area contributed by atoms with Gasteiger partial charge in [-0.25, -0.2) is 4.74 Å². The van der Waals surface area contributed by atoms with E-state index in [1.807, 2.05) is 39.0 Å². The number of carboxylic acid groups (broad SMARTS) is 1. The normalized spacial score (nSPS) is 12.5. The van der Waals surface area contributed by atoms with E-state index in [0.717, 1.165) is 41.7 Å². The fraction of sp³-hybridized carbons (Fsp3) is 0.636. The van der Waals surface area contributed by atoms with Crippen LogP contribution >= 0.6 is 0 Å². The maximum Gasteiger partial charge on any atom is 0.303 e. The van der Waals surface area contributed by atoms with Crippen LogP contribution < -0.4 is 9.47 Å². The van der Waals surface area contributed by atoms with Gasteiger partial charge in [-0.15, -0.1) is 0 Å².